The number of sulfonamides is 1. The van der Waals surface area contributed by atoms with Crippen molar-refractivity contribution in [2.24, 2.45) is 0 Å². The number of piperazine rings is 1. The van der Waals surface area contributed by atoms with Gasteiger partial charge in [0.05, 0.1) is 5.75 Å². The van der Waals surface area contributed by atoms with Gasteiger partial charge in [-0.05, 0) is 37.0 Å². The van der Waals surface area contributed by atoms with Gasteiger partial charge in [-0.1, -0.05) is 12.1 Å². The van der Waals surface area contributed by atoms with E-state index < -0.39 is 34.6 Å². The molecular weight excluding hydrogens is 542 g/mol. The van der Waals surface area contributed by atoms with Gasteiger partial charge in [-0.25, -0.2) is 13.2 Å². The van der Waals surface area contributed by atoms with Crippen molar-refractivity contribution in [3.8, 4) is 0 Å². The average molecular weight is 573 g/mol. The number of halogens is 6. The average Bonchev–Trinajstić information content (AvgIpc) is 3.43. The first-order chi connectivity index (χ1) is 17.6. The second-order valence-electron chi connectivity index (χ2n) is 9.91. The van der Waals surface area contributed by atoms with Crippen LogP contribution in [0.5, 0.6) is 0 Å². The molecule has 0 unspecified atom stereocenters. The predicted molar refractivity (Wildman–Crippen MR) is 126 cm³/mol. The number of ether oxygens (including phenoxy) is 1. The first-order valence-electron chi connectivity index (χ1n) is 12.3. The molecule has 3 aliphatic heterocycles. The number of aryl methyl sites for hydroxylation is 1. The van der Waals surface area contributed by atoms with Crippen LogP contribution in [-0.4, -0.2) is 105 Å². The molecule has 1 atom stereocenters. The fourth-order valence-corrected chi connectivity index (χ4v) is 6.95. The molecule has 1 amide bonds. The Morgan fingerprint density at radius 2 is 1.68 bits per heavy atom. The number of amides is 1. The molecule has 0 spiro atoms. The molecule has 0 saturated carbocycles. The molecule has 4 rings (SSSR count). The van der Waals surface area contributed by atoms with Crippen LogP contribution in [0.2, 0.25) is 0 Å². The van der Waals surface area contributed by atoms with E-state index in [9.17, 15) is 39.6 Å². The Bertz CT molecular complexity index is 1110. The zero-order valence-electron chi connectivity index (χ0n) is 20.8. The van der Waals surface area contributed by atoms with Crippen LogP contribution in [0.15, 0.2) is 18.2 Å². The maximum atomic E-state index is 12.7. The predicted octanol–water partition coefficient (Wildman–Crippen LogP) is 3.36. The fraction of sp³-hybridized carbons (Fsp3) is 0.696. The lowest BCUT2D eigenvalue weighted by Crippen LogP contribution is -2.52. The van der Waals surface area contributed by atoms with Crippen molar-refractivity contribution in [2.45, 2.75) is 50.8 Å². The summed E-state index contributed by atoms with van der Waals surface area (Å²) in [6.07, 6.45) is -16.0. The van der Waals surface area contributed by atoms with Crippen LogP contribution < -0.4 is 4.90 Å². The summed E-state index contributed by atoms with van der Waals surface area (Å²) in [5, 5.41) is 0. The van der Waals surface area contributed by atoms with Gasteiger partial charge >= 0.3 is 18.4 Å². The molecule has 0 radical (unpaired) electrons. The number of hydrogen-bond acceptors (Lipinski definition) is 6. The van der Waals surface area contributed by atoms with Crippen molar-refractivity contribution in [1.82, 2.24) is 14.1 Å². The summed E-state index contributed by atoms with van der Waals surface area (Å²) in [5.41, 5.74) is 2.95. The molecule has 3 saturated heterocycles. The lowest BCUT2D eigenvalue weighted by molar-refractivity contribution is -0.308. The van der Waals surface area contributed by atoms with E-state index in [1.165, 1.54) is 0 Å². The summed E-state index contributed by atoms with van der Waals surface area (Å²) < 4.78 is 107. The summed E-state index contributed by atoms with van der Waals surface area (Å²) in [4.78, 5) is 17.0. The zero-order chi connectivity index (χ0) is 27.9. The maximum Gasteiger partial charge on any atom is 0.434 e. The second-order valence-corrected chi connectivity index (χ2v) is 12.0. The highest BCUT2D eigenvalue weighted by Gasteiger charge is 2.60. The largest absolute Gasteiger partial charge is 0.434 e. The Kier molecular flexibility index (Phi) is 8.11. The highest BCUT2D eigenvalue weighted by molar-refractivity contribution is 7.89. The minimum atomic E-state index is -5.76. The smallest absolute Gasteiger partial charge is 0.426 e. The van der Waals surface area contributed by atoms with Gasteiger partial charge in [0.25, 0.3) is 6.10 Å². The molecule has 0 bridgehead atoms. The van der Waals surface area contributed by atoms with Gasteiger partial charge in [0, 0.05) is 64.1 Å². The minimum Gasteiger partial charge on any atom is -0.426 e. The van der Waals surface area contributed by atoms with Gasteiger partial charge < -0.3 is 14.5 Å². The van der Waals surface area contributed by atoms with Crippen molar-refractivity contribution in [3.05, 3.63) is 29.3 Å². The number of anilines is 1. The van der Waals surface area contributed by atoms with Gasteiger partial charge in [-0.3, -0.25) is 4.90 Å². The molecule has 0 N–H and O–H groups in total. The Morgan fingerprint density at radius 1 is 1.03 bits per heavy atom. The Hall–Kier alpha value is -2.26. The number of hydrogen-bond donors (Lipinski definition) is 0. The van der Waals surface area contributed by atoms with E-state index >= 15 is 0 Å². The summed E-state index contributed by atoms with van der Waals surface area (Å²) in [6, 6.07) is 5.84. The van der Waals surface area contributed by atoms with Crippen molar-refractivity contribution in [1.29, 1.82) is 0 Å². The summed E-state index contributed by atoms with van der Waals surface area (Å²) in [5.74, 6) is 0.172. The standard InChI is InChI=1S/C23H30F6N4O4S/c1-16-3-4-17(19(13-16)32-7-5-18(15-32)33-6-2-12-38(33,35)36)14-30-8-10-31(11-9-30)21(34)37-20(22(24,25)26)23(27,28)29/h3-4,13,18,20H,2,5-12,14-15H2,1H3/t18-/m1/s1. The number of rotatable bonds is 5. The van der Waals surface area contributed by atoms with Crippen LogP contribution in [0.3, 0.4) is 0 Å². The van der Waals surface area contributed by atoms with Crippen molar-refractivity contribution >= 4 is 21.8 Å². The summed E-state index contributed by atoms with van der Waals surface area (Å²) >= 11 is 0. The Labute approximate surface area is 217 Å². The molecule has 1 aromatic rings. The summed E-state index contributed by atoms with van der Waals surface area (Å²) in [7, 11) is -3.22. The SMILES string of the molecule is Cc1ccc(CN2CCN(C(=O)OC(C(F)(F)F)C(F)(F)F)CC2)c(N2CC[C@@H](N3CCCS3(=O)=O)C2)c1. The van der Waals surface area contributed by atoms with E-state index in [0.29, 0.717) is 39.0 Å². The van der Waals surface area contributed by atoms with Gasteiger partial charge in [-0.2, -0.15) is 30.6 Å². The van der Waals surface area contributed by atoms with Crippen LogP contribution in [0.4, 0.5) is 36.8 Å². The monoisotopic (exact) mass is 572 g/mol. The number of benzene rings is 1. The second kappa shape index (κ2) is 10.7. The molecule has 15 heteroatoms. The Morgan fingerprint density at radius 3 is 2.26 bits per heavy atom. The third kappa shape index (κ3) is 6.47. The maximum absolute atomic E-state index is 12.7. The van der Waals surface area contributed by atoms with Crippen LogP contribution in [0.1, 0.15) is 24.0 Å². The van der Waals surface area contributed by atoms with E-state index in [1.54, 1.807) is 4.31 Å². The van der Waals surface area contributed by atoms with Crippen LogP contribution in [-0.2, 0) is 21.3 Å². The molecule has 3 fully saturated rings. The van der Waals surface area contributed by atoms with Gasteiger partial charge in [0.1, 0.15) is 0 Å². The zero-order valence-corrected chi connectivity index (χ0v) is 21.6. The van der Waals surface area contributed by atoms with Gasteiger partial charge in [0.2, 0.25) is 10.0 Å². The highest BCUT2D eigenvalue weighted by Crippen LogP contribution is 2.36. The first kappa shape index (κ1) is 28.7. The Balaban J connectivity index is 1.37. The number of nitrogens with zero attached hydrogens (tertiary/aromatic N) is 4. The normalized spacial score (nSPS) is 23.4. The molecule has 3 aliphatic rings. The molecule has 1 aromatic carbocycles. The van der Waals surface area contributed by atoms with E-state index in [0.717, 1.165) is 21.7 Å². The van der Waals surface area contributed by atoms with Crippen LogP contribution in [0.25, 0.3) is 0 Å². The minimum absolute atomic E-state index is 0.0823. The van der Waals surface area contributed by atoms with Gasteiger partial charge in [0.15, 0.2) is 0 Å². The lowest BCUT2D eigenvalue weighted by atomic mass is 10.1. The third-order valence-electron chi connectivity index (χ3n) is 7.13. The lowest BCUT2D eigenvalue weighted by Gasteiger charge is -2.36. The molecule has 0 aromatic heterocycles. The molecular formula is C23H30F6N4O4S. The molecule has 8 nitrogen and oxygen atoms in total. The number of alkyl halides is 6. The first-order valence-corrected chi connectivity index (χ1v) is 13.9. The van der Waals surface area contributed by atoms with E-state index in [-0.39, 0.29) is 38.0 Å². The van der Waals surface area contributed by atoms with Crippen LogP contribution >= 0.6 is 0 Å². The third-order valence-corrected chi connectivity index (χ3v) is 9.13. The molecule has 0 aliphatic carbocycles. The molecule has 214 valence electrons. The van der Waals surface area contributed by atoms with Crippen molar-refractivity contribution < 1.29 is 44.3 Å². The van der Waals surface area contributed by atoms with E-state index in [1.807, 2.05) is 30.0 Å². The van der Waals surface area contributed by atoms with Gasteiger partial charge in [-0.15, -0.1) is 0 Å². The topological polar surface area (TPSA) is 73.4 Å². The van der Waals surface area contributed by atoms with Crippen molar-refractivity contribution in [3.63, 3.8) is 0 Å². The van der Waals surface area contributed by atoms with E-state index in [2.05, 4.69) is 9.64 Å². The van der Waals surface area contributed by atoms with Crippen molar-refractivity contribution in [2.75, 3.05) is 56.5 Å². The fourth-order valence-electron chi connectivity index (χ4n) is 5.19. The number of carbonyl (C=O) groups excluding carboxylic acids is 1. The summed E-state index contributed by atoms with van der Waals surface area (Å²) in [6.45, 7) is 4.49. The van der Waals surface area contributed by atoms with E-state index in [4.69, 9.17) is 0 Å². The molecule has 38 heavy (non-hydrogen) atoms. The molecule has 3 heterocycles. The van der Waals surface area contributed by atoms with Crippen LogP contribution in [0, 0.1) is 6.92 Å². The number of carbonyl (C=O) groups is 1. The quantitative estimate of drug-likeness (QED) is 0.504. The highest BCUT2D eigenvalue weighted by atomic mass is 32.2.